The predicted molar refractivity (Wildman–Crippen MR) is 180 cm³/mol. The van der Waals surface area contributed by atoms with Crippen molar-refractivity contribution in [3.63, 3.8) is 0 Å². The third-order valence-electron chi connectivity index (χ3n) is 7.15. The molecule has 0 aromatic heterocycles. The number of anilines is 4. The summed E-state index contributed by atoms with van der Waals surface area (Å²) in [7, 11) is 0. The maximum absolute atomic E-state index is 11.2. The van der Waals surface area contributed by atoms with Crippen LogP contribution in [0.1, 0.15) is 38.3 Å². The Balaban J connectivity index is 1.17. The van der Waals surface area contributed by atoms with E-state index in [1.807, 2.05) is 36.4 Å². The Morgan fingerprint density at radius 2 is 1.40 bits per heavy atom. The molecule has 4 aromatic carbocycles. The molecule has 1 unspecified atom stereocenters. The van der Waals surface area contributed by atoms with Crippen molar-refractivity contribution in [2.45, 2.75) is 50.1 Å². The summed E-state index contributed by atoms with van der Waals surface area (Å²) in [6.07, 6.45) is 7.41. The topological polar surface area (TPSA) is 68.3 Å². The fourth-order valence-electron chi connectivity index (χ4n) is 4.81. The van der Waals surface area contributed by atoms with Gasteiger partial charge < -0.3 is 26.4 Å². The molecule has 1 aliphatic carbocycles. The van der Waals surface area contributed by atoms with Crippen molar-refractivity contribution in [1.29, 1.82) is 0 Å². The Morgan fingerprint density at radius 3 is 2.02 bits per heavy atom. The molecule has 0 fully saturated rings. The van der Waals surface area contributed by atoms with Gasteiger partial charge in [0.25, 0.3) is 0 Å². The smallest absolute Gasteiger partial charge is 0.123 e. The van der Waals surface area contributed by atoms with E-state index in [9.17, 15) is 5.11 Å². The van der Waals surface area contributed by atoms with E-state index in [4.69, 9.17) is 0 Å². The number of phenols is 1. The molecule has 5 N–H and O–H groups in total. The van der Waals surface area contributed by atoms with Gasteiger partial charge in [-0.2, -0.15) is 0 Å². The van der Waals surface area contributed by atoms with Crippen LogP contribution in [-0.4, -0.2) is 17.0 Å². The van der Waals surface area contributed by atoms with Gasteiger partial charge in [0.1, 0.15) is 5.75 Å². The van der Waals surface area contributed by atoms with E-state index in [0.29, 0.717) is 12.3 Å². The average molecular weight is 577 g/mol. The maximum atomic E-state index is 11.2. The molecule has 0 radical (unpaired) electrons. The van der Waals surface area contributed by atoms with E-state index in [2.05, 4.69) is 121 Å². The van der Waals surface area contributed by atoms with E-state index in [1.54, 1.807) is 11.8 Å². The fraction of sp³-hybridized carbons (Fsp3) is 0.222. The van der Waals surface area contributed by atoms with Gasteiger partial charge >= 0.3 is 0 Å². The lowest BCUT2D eigenvalue weighted by Crippen LogP contribution is -2.28. The van der Waals surface area contributed by atoms with Crippen molar-refractivity contribution < 1.29 is 5.11 Å². The van der Waals surface area contributed by atoms with Crippen LogP contribution in [0.25, 0.3) is 0 Å². The van der Waals surface area contributed by atoms with Crippen LogP contribution in [0.3, 0.4) is 0 Å². The molecule has 42 heavy (non-hydrogen) atoms. The Bertz CT molecular complexity index is 1510. The van der Waals surface area contributed by atoms with Gasteiger partial charge in [0.15, 0.2) is 0 Å². The largest absolute Gasteiger partial charge is 0.507 e. The van der Waals surface area contributed by atoms with Gasteiger partial charge in [-0.1, -0.05) is 69.3 Å². The van der Waals surface area contributed by atoms with Crippen molar-refractivity contribution in [3.05, 3.63) is 132 Å². The molecule has 5 nitrogen and oxygen atoms in total. The summed E-state index contributed by atoms with van der Waals surface area (Å²) >= 11 is 1.74. The summed E-state index contributed by atoms with van der Waals surface area (Å²) in [6, 6.07) is 33.2. The molecule has 4 aromatic rings. The Labute approximate surface area is 254 Å². The molecule has 0 heterocycles. The molecule has 0 saturated carbocycles. The quantitative estimate of drug-likeness (QED) is 0.0907. The van der Waals surface area contributed by atoms with E-state index in [-0.39, 0.29) is 11.5 Å². The Morgan fingerprint density at radius 1 is 0.786 bits per heavy atom. The van der Waals surface area contributed by atoms with Crippen LogP contribution in [0.2, 0.25) is 0 Å². The van der Waals surface area contributed by atoms with Crippen LogP contribution < -0.4 is 21.3 Å². The number of hydrogen-bond donors (Lipinski definition) is 5. The summed E-state index contributed by atoms with van der Waals surface area (Å²) in [6.45, 7) is 7.03. The second kappa shape index (κ2) is 13.7. The summed E-state index contributed by atoms with van der Waals surface area (Å²) < 4.78 is 0. The summed E-state index contributed by atoms with van der Waals surface area (Å²) in [5, 5.41) is 25.2. The molecule has 0 aliphatic heterocycles. The standard InChI is InChI=1S/C36H40N4OS/c1-36(2,3)34-23-33(42-25-38-28-16-20-32(21-17-28)40-30-12-8-5-9-13-30)22-26(35(34)41)24-37-27-14-18-31(19-15-27)39-29-10-6-4-7-11-29/h4-14,16-23,27,37-41H,15,24-25H2,1-3H3. The minimum Gasteiger partial charge on any atom is -0.507 e. The summed E-state index contributed by atoms with van der Waals surface area (Å²) in [5.41, 5.74) is 7.09. The molecule has 0 amide bonds. The van der Waals surface area contributed by atoms with Gasteiger partial charge in [-0.15, -0.1) is 11.8 Å². The second-order valence-corrected chi connectivity index (χ2v) is 12.5. The van der Waals surface area contributed by atoms with Gasteiger partial charge in [0.2, 0.25) is 0 Å². The monoisotopic (exact) mass is 576 g/mol. The molecular weight excluding hydrogens is 536 g/mol. The zero-order chi connectivity index (χ0) is 29.4. The highest BCUT2D eigenvalue weighted by atomic mass is 32.2. The summed E-state index contributed by atoms with van der Waals surface area (Å²) in [4.78, 5) is 1.14. The number of para-hydroxylation sites is 2. The van der Waals surface area contributed by atoms with E-state index < -0.39 is 0 Å². The lowest BCUT2D eigenvalue weighted by molar-refractivity contribution is 0.434. The van der Waals surface area contributed by atoms with Crippen LogP contribution in [-0.2, 0) is 12.0 Å². The van der Waals surface area contributed by atoms with Crippen LogP contribution in [0.4, 0.5) is 22.7 Å². The fourth-order valence-corrected chi connectivity index (χ4v) is 5.64. The highest BCUT2D eigenvalue weighted by Crippen LogP contribution is 2.37. The zero-order valence-corrected chi connectivity index (χ0v) is 25.3. The minimum atomic E-state index is -0.171. The first-order valence-corrected chi connectivity index (χ1v) is 15.4. The van der Waals surface area contributed by atoms with E-state index >= 15 is 0 Å². The minimum absolute atomic E-state index is 0.171. The first kappa shape index (κ1) is 29.4. The summed E-state index contributed by atoms with van der Waals surface area (Å²) in [5.74, 6) is 1.11. The number of rotatable bonds is 11. The molecule has 5 rings (SSSR count). The van der Waals surface area contributed by atoms with E-state index in [0.717, 1.165) is 56.8 Å². The van der Waals surface area contributed by atoms with Gasteiger partial charge in [-0.25, -0.2) is 0 Å². The van der Waals surface area contributed by atoms with E-state index in [1.165, 1.54) is 0 Å². The predicted octanol–water partition coefficient (Wildman–Crippen LogP) is 9.01. The second-order valence-electron chi connectivity index (χ2n) is 11.5. The van der Waals surface area contributed by atoms with Crippen LogP contribution in [0.15, 0.2) is 126 Å². The van der Waals surface area contributed by atoms with Gasteiger partial charge in [0.05, 0.1) is 5.88 Å². The molecule has 216 valence electrons. The average Bonchev–Trinajstić information content (AvgIpc) is 2.99. The first-order chi connectivity index (χ1) is 20.3. The number of hydrogen-bond acceptors (Lipinski definition) is 6. The number of benzene rings is 4. The molecular formula is C36H40N4OS. The number of phenolic OH excluding ortho intramolecular Hbond substituents is 1. The molecule has 0 saturated heterocycles. The highest BCUT2D eigenvalue weighted by Gasteiger charge is 2.22. The third-order valence-corrected chi connectivity index (χ3v) is 8.01. The molecule has 0 spiro atoms. The SMILES string of the molecule is CC(C)(C)c1cc(SCNc2ccc(Nc3ccccc3)cc2)cc(CNC2C=CC(Nc3ccccc3)=CC2)c1O. The van der Waals surface area contributed by atoms with Gasteiger partial charge in [-0.05, 0) is 78.6 Å². The lowest BCUT2D eigenvalue weighted by atomic mass is 9.85. The number of aromatic hydroxyl groups is 1. The first-order valence-electron chi connectivity index (χ1n) is 14.4. The highest BCUT2D eigenvalue weighted by molar-refractivity contribution is 7.99. The van der Waals surface area contributed by atoms with Crippen LogP contribution >= 0.6 is 11.8 Å². The lowest BCUT2D eigenvalue weighted by Gasteiger charge is -2.24. The van der Waals surface area contributed by atoms with Crippen molar-refractivity contribution in [2.24, 2.45) is 0 Å². The number of thioether (sulfide) groups is 1. The van der Waals surface area contributed by atoms with Crippen molar-refractivity contribution in [3.8, 4) is 5.75 Å². The van der Waals surface area contributed by atoms with Crippen molar-refractivity contribution >= 4 is 34.5 Å². The number of allylic oxidation sites excluding steroid dienone is 1. The Kier molecular flexibility index (Phi) is 9.57. The van der Waals surface area contributed by atoms with Crippen molar-refractivity contribution in [2.75, 3.05) is 21.8 Å². The van der Waals surface area contributed by atoms with Crippen molar-refractivity contribution in [1.82, 2.24) is 5.32 Å². The third kappa shape index (κ3) is 8.21. The molecule has 6 heteroatoms. The molecule has 0 bridgehead atoms. The Hall–Kier alpha value is -4.13. The van der Waals surface area contributed by atoms with Gasteiger partial charge in [0, 0.05) is 57.1 Å². The maximum Gasteiger partial charge on any atom is 0.123 e. The normalized spacial score (nSPS) is 14.7. The van der Waals surface area contributed by atoms with Gasteiger partial charge in [-0.3, -0.25) is 0 Å². The molecule has 1 aliphatic rings. The molecule has 1 atom stereocenters. The van der Waals surface area contributed by atoms with Crippen LogP contribution in [0.5, 0.6) is 5.75 Å². The van der Waals surface area contributed by atoms with Crippen LogP contribution in [0, 0.1) is 0 Å². The number of nitrogens with one attached hydrogen (secondary N) is 4. The zero-order valence-electron chi connectivity index (χ0n) is 24.5.